The van der Waals surface area contributed by atoms with Crippen LogP contribution in [0.2, 0.25) is 5.02 Å². The summed E-state index contributed by atoms with van der Waals surface area (Å²) in [6, 6.07) is 18.4. The highest BCUT2D eigenvalue weighted by Gasteiger charge is 2.26. The van der Waals surface area contributed by atoms with Gasteiger partial charge in [0.25, 0.3) is 5.91 Å². The number of hydrogen-bond donors (Lipinski definition) is 2. The lowest BCUT2D eigenvalue weighted by Crippen LogP contribution is -2.48. The van der Waals surface area contributed by atoms with Crippen LogP contribution in [0.4, 0.5) is 11.4 Å². The minimum Gasteiger partial charge on any atom is -0.478 e. The van der Waals surface area contributed by atoms with Gasteiger partial charge in [-0.15, -0.1) is 0 Å². The maximum atomic E-state index is 13.4. The Bertz CT molecular complexity index is 1610. The number of carboxylic acid groups (broad SMARTS) is 1. The number of nitrogens with one attached hydrogen (secondary N) is 1. The van der Waals surface area contributed by atoms with Gasteiger partial charge in [-0.3, -0.25) is 9.69 Å². The molecule has 1 aromatic heterocycles. The highest BCUT2D eigenvalue weighted by molar-refractivity contribution is 6.33. The molecule has 0 spiro atoms. The first-order chi connectivity index (χ1) is 19.8. The summed E-state index contributed by atoms with van der Waals surface area (Å²) in [5.41, 5.74) is 5.14. The van der Waals surface area contributed by atoms with Crippen LogP contribution < -0.4 is 5.32 Å². The van der Waals surface area contributed by atoms with E-state index in [4.69, 9.17) is 21.3 Å². The van der Waals surface area contributed by atoms with Gasteiger partial charge in [-0.1, -0.05) is 23.7 Å². The molecule has 1 atom stereocenters. The number of ether oxygens (including phenoxy) is 1. The maximum Gasteiger partial charge on any atom is 0.335 e. The molecule has 3 heterocycles. The molecular weight excluding hydrogens is 542 g/mol. The lowest BCUT2D eigenvalue weighted by atomic mass is 10.1. The highest BCUT2D eigenvalue weighted by Crippen LogP contribution is 2.27. The molecule has 2 aliphatic rings. The number of anilines is 2. The molecule has 2 aliphatic heterocycles. The molecule has 2 saturated heterocycles. The molecule has 0 unspecified atom stereocenters. The number of piperazine rings is 1. The number of aromatic carboxylic acids is 1. The van der Waals surface area contributed by atoms with Crippen LogP contribution in [0.5, 0.6) is 0 Å². The van der Waals surface area contributed by atoms with Gasteiger partial charge in [0.15, 0.2) is 0 Å². The minimum absolute atomic E-state index is 0.00104. The fourth-order valence-electron chi connectivity index (χ4n) is 5.36. The Balaban J connectivity index is 1.12. The smallest absolute Gasteiger partial charge is 0.335 e. The third-order valence-electron chi connectivity index (χ3n) is 7.79. The molecule has 212 valence electrons. The number of benzene rings is 3. The monoisotopic (exact) mass is 573 g/mol. The van der Waals surface area contributed by atoms with Crippen molar-refractivity contribution in [2.24, 2.45) is 0 Å². The first-order valence-electron chi connectivity index (χ1n) is 13.8. The molecule has 0 aliphatic carbocycles. The average Bonchev–Trinajstić information content (AvgIpc) is 3.28. The van der Waals surface area contributed by atoms with E-state index in [1.165, 1.54) is 0 Å². The molecule has 2 fully saturated rings. The lowest BCUT2D eigenvalue weighted by molar-refractivity contribution is -0.0592. The van der Waals surface area contributed by atoms with E-state index >= 15 is 0 Å². The Morgan fingerprint density at radius 3 is 2.56 bits per heavy atom. The average molecular weight is 574 g/mol. The summed E-state index contributed by atoms with van der Waals surface area (Å²) in [7, 11) is 0. The largest absolute Gasteiger partial charge is 0.478 e. The molecule has 3 aromatic carbocycles. The number of aryl methyl sites for hydroxylation is 1. The number of carbonyl (C=O) groups is 2. The van der Waals surface area contributed by atoms with Crippen molar-refractivity contribution in [1.82, 2.24) is 19.4 Å². The van der Waals surface area contributed by atoms with Crippen LogP contribution in [0.3, 0.4) is 0 Å². The Kier molecular flexibility index (Phi) is 7.66. The number of nitrogens with zero attached hydrogens (tertiary/aromatic N) is 4. The van der Waals surface area contributed by atoms with Crippen LogP contribution in [-0.2, 0) is 17.8 Å². The second kappa shape index (κ2) is 11.5. The van der Waals surface area contributed by atoms with Gasteiger partial charge >= 0.3 is 5.97 Å². The van der Waals surface area contributed by atoms with E-state index in [-0.39, 0.29) is 17.6 Å². The summed E-state index contributed by atoms with van der Waals surface area (Å²) >= 11 is 6.38. The van der Waals surface area contributed by atoms with Gasteiger partial charge in [-0.05, 0) is 67.4 Å². The summed E-state index contributed by atoms with van der Waals surface area (Å²) < 4.78 is 7.78. The summed E-state index contributed by atoms with van der Waals surface area (Å²) in [5.74, 6) is -0.0765. The standard InChI is InChI=1S/C31H32ClN5O4/c1-20-5-7-26(25(32)15-20)33-23-4-2-3-21(16-23)30(38)36-12-10-35(11-13-36)19-29-34-27-8-6-22(31(39)40)17-28(27)37(29)18-24-9-14-41-24/h2-8,15-17,24,33H,9-14,18-19H2,1H3,(H,39,40)/t24-/m0/s1. The second-order valence-corrected chi connectivity index (χ2v) is 11.1. The summed E-state index contributed by atoms with van der Waals surface area (Å²) in [6.07, 6.45) is 1.09. The molecule has 4 aromatic rings. The zero-order valence-electron chi connectivity index (χ0n) is 22.8. The van der Waals surface area contributed by atoms with E-state index in [1.807, 2.05) is 54.3 Å². The number of aromatic nitrogens is 2. The van der Waals surface area contributed by atoms with Gasteiger partial charge < -0.3 is 24.6 Å². The zero-order valence-corrected chi connectivity index (χ0v) is 23.6. The van der Waals surface area contributed by atoms with Gasteiger partial charge in [-0.2, -0.15) is 0 Å². The van der Waals surface area contributed by atoms with Crippen molar-refractivity contribution in [2.75, 3.05) is 38.1 Å². The molecule has 0 radical (unpaired) electrons. The van der Waals surface area contributed by atoms with Crippen LogP contribution >= 0.6 is 11.6 Å². The number of carbonyl (C=O) groups excluding carboxylic acids is 1. The number of amides is 1. The zero-order chi connectivity index (χ0) is 28.5. The van der Waals surface area contributed by atoms with Crippen LogP contribution in [-0.4, -0.2) is 75.2 Å². The number of imidazole rings is 1. The molecule has 9 nitrogen and oxygen atoms in total. The molecule has 41 heavy (non-hydrogen) atoms. The van der Waals surface area contributed by atoms with Crippen molar-refractivity contribution < 1.29 is 19.4 Å². The van der Waals surface area contributed by atoms with Crippen LogP contribution in [0, 0.1) is 6.92 Å². The third-order valence-corrected chi connectivity index (χ3v) is 8.10. The molecule has 6 rings (SSSR count). The van der Waals surface area contributed by atoms with Crippen molar-refractivity contribution >= 4 is 45.9 Å². The summed E-state index contributed by atoms with van der Waals surface area (Å²) in [4.78, 5) is 34.0. The molecule has 10 heteroatoms. The Labute approximate surface area is 243 Å². The SMILES string of the molecule is Cc1ccc(Nc2cccc(C(=O)N3CCN(Cc4nc5ccc(C(=O)O)cc5n4C[C@@H]4CCO4)CC3)c2)c(Cl)c1. The van der Waals surface area contributed by atoms with E-state index in [0.717, 1.165) is 46.8 Å². The Morgan fingerprint density at radius 1 is 1.05 bits per heavy atom. The first-order valence-corrected chi connectivity index (χ1v) is 14.2. The van der Waals surface area contributed by atoms with Crippen LogP contribution in [0.25, 0.3) is 11.0 Å². The number of carboxylic acids is 1. The normalized spacial score (nSPS) is 17.4. The number of fused-ring (bicyclic) bond motifs is 1. The van der Waals surface area contributed by atoms with Gasteiger partial charge in [0, 0.05) is 44.0 Å². The highest BCUT2D eigenvalue weighted by atomic mass is 35.5. The predicted octanol–water partition coefficient (Wildman–Crippen LogP) is 5.19. The van der Waals surface area contributed by atoms with E-state index in [9.17, 15) is 14.7 Å². The minimum atomic E-state index is -0.956. The van der Waals surface area contributed by atoms with Crippen molar-refractivity contribution in [3.05, 3.63) is 88.2 Å². The number of hydrogen-bond acceptors (Lipinski definition) is 6. The summed E-state index contributed by atoms with van der Waals surface area (Å²) in [6.45, 7) is 6.64. The first kappa shape index (κ1) is 27.3. The molecule has 0 bridgehead atoms. The lowest BCUT2D eigenvalue weighted by Gasteiger charge is -2.35. The van der Waals surface area contributed by atoms with Crippen molar-refractivity contribution in [1.29, 1.82) is 0 Å². The van der Waals surface area contributed by atoms with E-state index < -0.39 is 5.97 Å². The van der Waals surface area contributed by atoms with E-state index in [1.54, 1.807) is 18.2 Å². The second-order valence-electron chi connectivity index (χ2n) is 10.7. The van der Waals surface area contributed by atoms with E-state index in [0.29, 0.717) is 49.9 Å². The molecule has 0 saturated carbocycles. The summed E-state index contributed by atoms with van der Waals surface area (Å²) in [5, 5.41) is 13.4. The van der Waals surface area contributed by atoms with Gasteiger partial charge in [0.2, 0.25) is 0 Å². The van der Waals surface area contributed by atoms with Gasteiger partial charge in [0.05, 0.1) is 46.5 Å². The van der Waals surface area contributed by atoms with Gasteiger partial charge in [-0.25, -0.2) is 9.78 Å². The van der Waals surface area contributed by atoms with Gasteiger partial charge in [0.1, 0.15) is 5.82 Å². The topological polar surface area (TPSA) is 99.9 Å². The molecule has 1 amide bonds. The number of halogens is 1. The molecular formula is C31H32ClN5O4. The Hall–Kier alpha value is -3.92. The number of rotatable bonds is 8. The van der Waals surface area contributed by atoms with E-state index in [2.05, 4.69) is 14.8 Å². The third kappa shape index (κ3) is 5.93. The van der Waals surface area contributed by atoms with Crippen molar-refractivity contribution in [3.63, 3.8) is 0 Å². The maximum absolute atomic E-state index is 13.4. The van der Waals surface area contributed by atoms with Crippen LogP contribution in [0.15, 0.2) is 60.7 Å². The Morgan fingerprint density at radius 2 is 1.85 bits per heavy atom. The fourth-order valence-corrected chi connectivity index (χ4v) is 5.64. The van der Waals surface area contributed by atoms with Crippen LogP contribution in [0.1, 0.15) is 38.5 Å². The molecule has 2 N–H and O–H groups in total. The fraction of sp³-hybridized carbons (Fsp3) is 0.323. The van der Waals surface area contributed by atoms with Crippen molar-refractivity contribution in [3.8, 4) is 0 Å². The predicted molar refractivity (Wildman–Crippen MR) is 158 cm³/mol. The quantitative estimate of drug-likeness (QED) is 0.299. The van der Waals surface area contributed by atoms with Crippen molar-refractivity contribution in [2.45, 2.75) is 32.5 Å².